The minimum Gasteiger partial charge on any atom is -0.320 e. The van der Waals surface area contributed by atoms with Crippen molar-refractivity contribution in [3.8, 4) is 0 Å². The van der Waals surface area contributed by atoms with Crippen LogP contribution in [0.2, 0.25) is 0 Å². The Morgan fingerprint density at radius 3 is 2.25 bits per heavy atom. The Morgan fingerprint density at radius 2 is 1.70 bits per heavy atom. The second-order valence-corrected chi connectivity index (χ2v) is 6.71. The van der Waals surface area contributed by atoms with Crippen molar-refractivity contribution in [2.24, 2.45) is 18.9 Å². The van der Waals surface area contributed by atoms with Crippen molar-refractivity contribution in [1.29, 1.82) is 0 Å². The van der Waals surface area contributed by atoms with Gasteiger partial charge in [0, 0.05) is 13.1 Å². The Labute approximate surface area is 122 Å². The Morgan fingerprint density at radius 1 is 1.10 bits per heavy atom. The van der Waals surface area contributed by atoms with Crippen LogP contribution in [0.5, 0.6) is 0 Å². The zero-order chi connectivity index (χ0) is 13.8. The van der Waals surface area contributed by atoms with Crippen LogP contribution < -0.4 is 5.32 Å². The zero-order valence-electron chi connectivity index (χ0n) is 12.7. The second kappa shape index (κ2) is 6.70. The van der Waals surface area contributed by atoms with E-state index in [1.165, 1.54) is 57.8 Å². The van der Waals surface area contributed by atoms with Gasteiger partial charge in [0.05, 0.1) is 6.54 Å². The van der Waals surface area contributed by atoms with Crippen LogP contribution in [0.25, 0.3) is 0 Å². The van der Waals surface area contributed by atoms with Crippen molar-refractivity contribution >= 4 is 0 Å². The molecule has 1 N–H and O–H groups in total. The molecule has 2 aliphatic rings. The molecular formula is C16H28N4. The third kappa shape index (κ3) is 3.22. The monoisotopic (exact) mass is 276 g/mol. The Kier molecular flexibility index (Phi) is 4.71. The number of rotatable bonds is 5. The smallest absolute Gasteiger partial charge is 0.146 e. The van der Waals surface area contributed by atoms with E-state index in [1.54, 1.807) is 6.33 Å². The molecule has 3 rings (SSSR count). The van der Waals surface area contributed by atoms with E-state index in [0.29, 0.717) is 6.04 Å². The molecule has 1 atom stereocenters. The highest BCUT2D eigenvalue weighted by atomic mass is 15.3. The summed E-state index contributed by atoms with van der Waals surface area (Å²) >= 11 is 0. The third-order valence-corrected chi connectivity index (χ3v) is 5.37. The Bertz CT molecular complexity index is 402. The molecule has 2 aliphatic carbocycles. The highest BCUT2D eigenvalue weighted by Gasteiger charge is 2.32. The standard InChI is InChI=1S/C16H28N4/c1-20-12-18-19-15(20)11-17-16(14-9-5-6-10-14)13-7-3-2-4-8-13/h12-14,16-17H,2-11H2,1H3. The maximum absolute atomic E-state index is 4.21. The second-order valence-electron chi connectivity index (χ2n) is 6.71. The summed E-state index contributed by atoms with van der Waals surface area (Å²) in [6.45, 7) is 0.869. The van der Waals surface area contributed by atoms with Crippen LogP contribution in [0.3, 0.4) is 0 Å². The van der Waals surface area contributed by atoms with Crippen molar-refractivity contribution in [2.75, 3.05) is 0 Å². The van der Waals surface area contributed by atoms with E-state index < -0.39 is 0 Å². The summed E-state index contributed by atoms with van der Waals surface area (Å²) in [5.74, 6) is 2.84. The molecule has 1 aromatic rings. The van der Waals surface area contributed by atoms with Crippen molar-refractivity contribution in [1.82, 2.24) is 20.1 Å². The minimum absolute atomic E-state index is 0.703. The molecule has 0 aromatic carbocycles. The Balaban J connectivity index is 1.63. The van der Waals surface area contributed by atoms with Crippen LogP contribution in [-0.4, -0.2) is 20.8 Å². The molecule has 2 fully saturated rings. The van der Waals surface area contributed by atoms with E-state index in [0.717, 1.165) is 24.2 Å². The predicted molar refractivity (Wildman–Crippen MR) is 80.2 cm³/mol. The Hall–Kier alpha value is -0.900. The van der Waals surface area contributed by atoms with E-state index in [9.17, 15) is 0 Å². The molecule has 0 bridgehead atoms. The van der Waals surface area contributed by atoms with Gasteiger partial charge in [0.15, 0.2) is 0 Å². The minimum atomic E-state index is 0.703. The number of nitrogens with zero attached hydrogens (tertiary/aromatic N) is 3. The van der Waals surface area contributed by atoms with Gasteiger partial charge in [0.2, 0.25) is 0 Å². The van der Waals surface area contributed by atoms with Crippen LogP contribution in [0.4, 0.5) is 0 Å². The molecule has 0 amide bonds. The molecule has 0 spiro atoms. The molecule has 20 heavy (non-hydrogen) atoms. The number of aryl methyl sites for hydroxylation is 1. The average molecular weight is 276 g/mol. The molecule has 4 nitrogen and oxygen atoms in total. The van der Waals surface area contributed by atoms with Crippen LogP contribution in [-0.2, 0) is 13.6 Å². The summed E-state index contributed by atoms with van der Waals surface area (Å²) < 4.78 is 2.03. The number of nitrogens with one attached hydrogen (secondary N) is 1. The molecule has 1 unspecified atom stereocenters. The number of hydrogen-bond donors (Lipinski definition) is 1. The number of aromatic nitrogens is 3. The highest BCUT2D eigenvalue weighted by molar-refractivity contribution is 4.91. The molecular weight excluding hydrogens is 248 g/mol. The first-order chi connectivity index (χ1) is 9.84. The van der Waals surface area contributed by atoms with Gasteiger partial charge in [-0.15, -0.1) is 10.2 Å². The van der Waals surface area contributed by atoms with Gasteiger partial charge in [-0.1, -0.05) is 32.1 Å². The molecule has 1 aromatic heterocycles. The lowest BCUT2D eigenvalue weighted by Gasteiger charge is -2.35. The normalized spacial score (nSPS) is 23.2. The lowest BCUT2D eigenvalue weighted by molar-refractivity contribution is 0.204. The van der Waals surface area contributed by atoms with E-state index in [-0.39, 0.29) is 0 Å². The van der Waals surface area contributed by atoms with E-state index in [4.69, 9.17) is 0 Å². The molecule has 112 valence electrons. The molecule has 0 aliphatic heterocycles. The summed E-state index contributed by atoms with van der Waals surface area (Å²) in [4.78, 5) is 0. The van der Waals surface area contributed by atoms with Crippen molar-refractivity contribution in [2.45, 2.75) is 70.4 Å². The fourth-order valence-electron chi connectivity index (χ4n) is 4.20. The van der Waals surface area contributed by atoms with Gasteiger partial charge in [-0.3, -0.25) is 0 Å². The lowest BCUT2D eigenvalue weighted by atomic mass is 9.78. The maximum Gasteiger partial charge on any atom is 0.146 e. The topological polar surface area (TPSA) is 42.7 Å². The van der Waals surface area contributed by atoms with Gasteiger partial charge in [-0.25, -0.2) is 0 Å². The van der Waals surface area contributed by atoms with Gasteiger partial charge >= 0.3 is 0 Å². The zero-order valence-corrected chi connectivity index (χ0v) is 12.7. The van der Waals surface area contributed by atoms with E-state index >= 15 is 0 Å². The van der Waals surface area contributed by atoms with Crippen LogP contribution in [0.15, 0.2) is 6.33 Å². The first-order valence-corrected chi connectivity index (χ1v) is 8.41. The van der Waals surface area contributed by atoms with Gasteiger partial charge in [0.25, 0.3) is 0 Å². The fourth-order valence-corrected chi connectivity index (χ4v) is 4.20. The highest BCUT2D eigenvalue weighted by Crippen LogP contribution is 2.36. The lowest BCUT2D eigenvalue weighted by Crippen LogP contribution is -2.42. The van der Waals surface area contributed by atoms with Crippen LogP contribution in [0.1, 0.15) is 63.6 Å². The van der Waals surface area contributed by atoms with Crippen LogP contribution >= 0.6 is 0 Å². The average Bonchev–Trinajstić information content (AvgIpc) is 3.13. The predicted octanol–water partition coefficient (Wildman–Crippen LogP) is 3.04. The van der Waals surface area contributed by atoms with Crippen LogP contribution in [0, 0.1) is 11.8 Å². The number of hydrogen-bond acceptors (Lipinski definition) is 3. The SMILES string of the molecule is Cn1cnnc1CNC(C1CCCCC1)C1CCCC1. The van der Waals surface area contributed by atoms with Gasteiger partial charge in [-0.2, -0.15) is 0 Å². The molecule has 1 heterocycles. The fraction of sp³-hybridized carbons (Fsp3) is 0.875. The molecule has 4 heteroatoms. The van der Waals surface area contributed by atoms with Gasteiger partial charge in [-0.05, 0) is 37.5 Å². The first kappa shape index (κ1) is 14.1. The largest absolute Gasteiger partial charge is 0.320 e. The van der Waals surface area contributed by atoms with E-state index in [1.807, 2.05) is 11.6 Å². The maximum atomic E-state index is 4.21. The van der Waals surface area contributed by atoms with Gasteiger partial charge in [0.1, 0.15) is 12.2 Å². The first-order valence-electron chi connectivity index (χ1n) is 8.41. The molecule has 0 radical (unpaired) electrons. The summed E-state index contributed by atoms with van der Waals surface area (Å²) in [6, 6.07) is 0.703. The molecule has 2 saturated carbocycles. The van der Waals surface area contributed by atoms with Gasteiger partial charge < -0.3 is 9.88 Å². The molecule has 0 saturated heterocycles. The summed E-state index contributed by atoms with van der Waals surface area (Å²) in [6.07, 6.45) is 14.7. The van der Waals surface area contributed by atoms with Crippen molar-refractivity contribution in [3.05, 3.63) is 12.2 Å². The summed E-state index contributed by atoms with van der Waals surface area (Å²) in [5.41, 5.74) is 0. The summed E-state index contributed by atoms with van der Waals surface area (Å²) in [5, 5.41) is 12.0. The quantitative estimate of drug-likeness (QED) is 0.899. The summed E-state index contributed by atoms with van der Waals surface area (Å²) in [7, 11) is 2.03. The van der Waals surface area contributed by atoms with Crippen molar-refractivity contribution < 1.29 is 0 Å². The van der Waals surface area contributed by atoms with E-state index in [2.05, 4.69) is 15.5 Å². The van der Waals surface area contributed by atoms with Crippen molar-refractivity contribution in [3.63, 3.8) is 0 Å². The third-order valence-electron chi connectivity index (χ3n) is 5.37.